The van der Waals surface area contributed by atoms with Crippen LogP contribution in [0, 0.1) is 13.8 Å². The lowest BCUT2D eigenvalue weighted by Gasteiger charge is -2.19. The number of aryl methyl sites for hydroxylation is 2. The molecular weight excluding hydrogens is 240 g/mol. The Morgan fingerprint density at radius 1 is 1.33 bits per heavy atom. The molecule has 0 aliphatic carbocycles. The molecule has 3 heteroatoms. The topological polar surface area (TPSA) is 24.9 Å². The molecule has 0 unspecified atom stereocenters. The van der Waals surface area contributed by atoms with Crippen LogP contribution in [-0.2, 0) is 6.42 Å². The number of hydrogen-bond acceptors (Lipinski definition) is 3. The van der Waals surface area contributed by atoms with E-state index < -0.39 is 0 Å². The van der Waals surface area contributed by atoms with Crippen LogP contribution in [0.3, 0.4) is 0 Å². The molecule has 1 aromatic rings. The lowest BCUT2D eigenvalue weighted by Crippen LogP contribution is -2.36. The summed E-state index contributed by atoms with van der Waals surface area (Å²) in [5, 5.41) is 4.74. The van der Waals surface area contributed by atoms with Crippen molar-refractivity contribution in [1.29, 1.82) is 0 Å². The zero-order valence-electron chi connectivity index (χ0n) is 12.6. The molecule has 0 aromatic carbocycles. The summed E-state index contributed by atoms with van der Waals surface area (Å²) in [6.45, 7) is 14.1. The monoisotopic (exact) mass is 266 g/mol. The van der Waals surface area contributed by atoms with Gasteiger partial charge in [0, 0.05) is 16.8 Å². The standard InChI is InChI=1S/C15H26N2S/c1-11(8-7-9-16-15(4,5)6)10-14-17-12(2)13(3)18-14/h8,16H,7,9-10H2,1-6H3. The predicted octanol–water partition coefficient (Wildman–Crippen LogP) is 4.03. The van der Waals surface area contributed by atoms with Gasteiger partial charge in [-0.2, -0.15) is 0 Å². The van der Waals surface area contributed by atoms with Crippen molar-refractivity contribution in [3.8, 4) is 0 Å². The summed E-state index contributed by atoms with van der Waals surface area (Å²) in [6, 6.07) is 0. The fourth-order valence-electron chi connectivity index (χ4n) is 1.69. The summed E-state index contributed by atoms with van der Waals surface area (Å²) in [4.78, 5) is 5.92. The maximum atomic E-state index is 4.58. The van der Waals surface area contributed by atoms with E-state index in [1.54, 1.807) is 0 Å². The van der Waals surface area contributed by atoms with Gasteiger partial charge in [0.15, 0.2) is 0 Å². The molecule has 0 saturated heterocycles. The Kier molecular flexibility index (Phi) is 5.54. The zero-order valence-corrected chi connectivity index (χ0v) is 13.4. The lowest BCUT2D eigenvalue weighted by atomic mass is 10.1. The highest BCUT2D eigenvalue weighted by molar-refractivity contribution is 7.11. The highest BCUT2D eigenvalue weighted by Crippen LogP contribution is 2.19. The highest BCUT2D eigenvalue weighted by atomic mass is 32.1. The molecule has 0 amide bonds. The molecule has 102 valence electrons. The van der Waals surface area contributed by atoms with Crippen LogP contribution in [0.4, 0.5) is 0 Å². The minimum atomic E-state index is 0.214. The van der Waals surface area contributed by atoms with E-state index in [0.717, 1.165) is 19.4 Å². The molecule has 0 bridgehead atoms. The predicted molar refractivity (Wildman–Crippen MR) is 81.4 cm³/mol. The molecule has 0 saturated carbocycles. The van der Waals surface area contributed by atoms with Gasteiger partial charge >= 0.3 is 0 Å². The summed E-state index contributed by atoms with van der Waals surface area (Å²) in [5.74, 6) is 0. The van der Waals surface area contributed by atoms with Gasteiger partial charge in [0.2, 0.25) is 0 Å². The smallest absolute Gasteiger partial charge is 0.0971 e. The lowest BCUT2D eigenvalue weighted by molar-refractivity contribution is 0.431. The van der Waals surface area contributed by atoms with Gasteiger partial charge < -0.3 is 5.32 Å². The largest absolute Gasteiger partial charge is 0.312 e. The first-order chi connectivity index (χ1) is 8.28. The Morgan fingerprint density at radius 3 is 2.50 bits per heavy atom. The van der Waals surface area contributed by atoms with Crippen LogP contribution < -0.4 is 5.32 Å². The maximum absolute atomic E-state index is 4.58. The molecule has 0 spiro atoms. The average molecular weight is 266 g/mol. The molecular formula is C15H26N2S. The molecule has 2 nitrogen and oxygen atoms in total. The summed E-state index contributed by atoms with van der Waals surface area (Å²) >= 11 is 1.82. The van der Waals surface area contributed by atoms with Gasteiger partial charge in [-0.15, -0.1) is 11.3 Å². The van der Waals surface area contributed by atoms with Gasteiger partial charge in [-0.05, 0) is 54.5 Å². The molecule has 0 aliphatic rings. The molecule has 0 radical (unpaired) electrons. The van der Waals surface area contributed by atoms with Crippen molar-refractivity contribution >= 4 is 11.3 Å². The van der Waals surface area contributed by atoms with Gasteiger partial charge in [0.05, 0.1) is 10.7 Å². The third-order valence-electron chi connectivity index (χ3n) is 2.80. The van der Waals surface area contributed by atoms with E-state index in [0.29, 0.717) is 0 Å². The molecule has 1 aromatic heterocycles. The number of allylic oxidation sites excluding steroid dienone is 1. The molecule has 1 heterocycles. The second-order valence-corrected chi connectivity index (χ2v) is 7.23. The SMILES string of the molecule is CC(=CCCNC(C)(C)C)Cc1nc(C)c(C)s1. The minimum Gasteiger partial charge on any atom is -0.312 e. The minimum absolute atomic E-state index is 0.214. The number of nitrogens with zero attached hydrogens (tertiary/aromatic N) is 1. The molecule has 18 heavy (non-hydrogen) atoms. The Bertz CT molecular complexity index is 391. The zero-order chi connectivity index (χ0) is 13.8. The Balaban J connectivity index is 2.38. The number of hydrogen-bond donors (Lipinski definition) is 1. The molecule has 0 aliphatic heterocycles. The fraction of sp³-hybridized carbons (Fsp3) is 0.667. The first-order valence-electron chi connectivity index (χ1n) is 6.61. The van der Waals surface area contributed by atoms with Crippen molar-refractivity contribution in [3.63, 3.8) is 0 Å². The van der Waals surface area contributed by atoms with Gasteiger partial charge in [0.25, 0.3) is 0 Å². The van der Waals surface area contributed by atoms with E-state index in [-0.39, 0.29) is 5.54 Å². The summed E-state index contributed by atoms with van der Waals surface area (Å²) < 4.78 is 0. The third-order valence-corrected chi connectivity index (χ3v) is 3.87. The van der Waals surface area contributed by atoms with Crippen LogP contribution in [0.15, 0.2) is 11.6 Å². The molecule has 1 rings (SSSR count). The third kappa shape index (κ3) is 5.78. The van der Waals surface area contributed by atoms with Crippen LogP contribution in [0.2, 0.25) is 0 Å². The van der Waals surface area contributed by atoms with E-state index in [1.807, 2.05) is 11.3 Å². The van der Waals surface area contributed by atoms with Gasteiger partial charge in [-0.3, -0.25) is 0 Å². The van der Waals surface area contributed by atoms with E-state index in [4.69, 9.17) is 0 Å². The Hall–Kier alpha value is -0.670. The normalized spacial score (nSPS) is 13.1. The van der Waals surface area contributed by atoms with E-state index in [2.05, 4.69) is 57.9 Å². The van der Waals surface area contributed by atoms with Crippen LogP contribution in [0.25, 0.3) is 0 Å². The van der Waals surface area contributed by atoms with Crippen LogP contribution >= 0.6 is 11.3 Å². The summed E-state index contributed by atoms with van der Waals surface area (Å²) in [5.41, 5.74) is 2.81. The fourth-order valence-corrected chi connectivity index (χ4v) is 2.72. The van der Waals surface area contributed by atoms with Gasteiger partial charge in [-0.1, -0.05) is 11.6 Å². The van der Waals surface area contributed by atoms with E-state index >= 15 is 0 Å². The van der Waals surface area contributed by atoms with Crippen molar-refractivity contribution in [2.75, 3.05) is 6.54 Å². The average Bonchev–Trinajstić information content (AvgIpc) is 2.51. The Labute approximate surface area is 116 Å². The Morgan fingerprint density at radius 2 is 2.00 bits per heavy atom. The van der Waals surface area contributed by atoms with Crippen molar-refractivity contribution in [3.05, 3.63) is 27.2 Å². The van der Waals surface area contributed by atoms with Crippen LogP contribution in [-0.4, -0.2) is 17.1 Å². The summed E-state index contributed by atoms with van der Waals surface area (Å²) in [7, 11) is 0. The quantitative estimate of drug-likeness (QED) is 0.643. The first-order valence-corrected chi connectivity index (χ1v) is 7.43. The van der Waals surface area contributed by atoms with Gasteiger partial charge in [-0.25, -0.2) is 4.98 Å². The number of nitrogens with one attached hydrogen (secondary N) is 1. The van der Waals surface area contributed by atoms with Crippen LogP contribution in [0.5, 0.6) is 0 Å². The van der Waals surface area contributed by atoms with Crippen LogP contribution in [0.1, 0.15) is 49.7 Å². The van der Waals surface area contributed by atoms with Gasteiger partial charge in [0.1, 0.15) is 0 Å². The van der Waals surface area contributed by atoms with E-state index in [9.17, 15) is 0 Å². The second kappa shape index (κ2) is 6.48. The van der Waals surface area contributed by atoms with Crippen molar-refractivity contribution in [2.24, 2.45) is 0 Å². The highest BCUT2D eigenvalue weighted by Gasteiger charge is 2.07. The number of aromatic nitrogens is 1. The molecule has 0 atom stereocenters. The van der Waals surface area contributed by atoms with E-state index in [1.165, 1.54) is 21.2 Å². The first kappa shape index (κ1) is 15.4. The maximum Gasteiger partial charge on any atom is 0.0971 e. The molecule has 0 fully saturated rings. The van der Waals surface area contributed by atoms with Crippen molar-refractivity contribution in [2.45, 2.75) is 59.9 Å². The van der Waals surface area contributed by atoms with Crippen molar-refractivity contribution < 1.29 is 0 Å². The second-order valence-electron chi connectivity index (χ2n) is 5.94. The number of thiazole rings is 1. The molecule has 1 N–H and O–H groups in total. The van der Waals surface area contributed by atoms with Crippen molar-refractivity contribution in [1.82, 2.24) is 10.3 Å². The number of rotatable bonds is 5. The summed E-state index contributed by atoms with van der Waals surface area (Å²) in [6.07, 6.45) is 4.41.